The van der Waals surface area contributed by atoms with Crippen molar-refractivity contribution in [1.82, 2.24) is 23.1 Å². The predicted molar refractivity (Wildman–Crippen MR) is 112 cm³/mol. The minimum atomic E-state index is -0.412. The minimum Gasteiger partial charge on any atom is -0.495 e. The van der Waals surface area contributed by atoms with Gasteiger partial charge in [-0.25, -0.2) is 4.79 Å². The number of methoxy groups -OCH3 is 1. The highest BCUT2D eigenvalue weighted by molar-refractivity contribution is 7.13. The summed E-state index contributed by atoms with van der Waals surface area (Å²) < 4.78 is 11.8. The number of nitrogens with zero attached hydrogens (tertiary/aromatic N) is 5. The van der Waals surface area contributed by atoms with Gasteiger partial charge < -0.3 is 4.74 Å². The summed E-state index contributed by atoms with van der Waals surface area (Å²) in [6, 6.07) is 11.6. The van der Waals surface area contributed by atoms with Crippen LogP contribution in [0.2, 0.25) is 0 Å². The number of fused-ring (bicyclic) bond motifs is 3. The third-order valence-corrected chi connectivity index (χ3v) is 5.96. The fourth-order valence-electron chi connectivity index (χ4n) is 3.62. The van der Waals surface area contributed by atoms with Crippen LogP contribution >= 0.6 is 11.3 Å². The fraction of sp³-hybridized carbons (Fsp3) is 0.150. The maximum Gasteiger partial charge on any atom is 0.332 e. The molecule has 0 spiro atoms. The summed E-state index contributed by atoms with van der Waals surface area (Å²) in [4.78, 5) is 31.0. The van der Waals surface area contributed by atoms with Gasteiger partial charge in [0.25, 0.3) is 5.56 Å². The molecule has 5 rings (SSSR count). The van der Waals surface area contributed by atoms with E-state index in [-0.39, 0.29) is 5.56 Å². The van der Waals surface area contributed by atoms with Crippen LogP contribution in [0.15, 0.2) is 57.6 Å². The average molecular weight is 407 g/mol. The van der Waals surface area contributed by atoms with E-state index in [0.29, 0.717) is 22.7 Å². The highest BCUT2D eigenvalue weighted by Gasteiger charge is 2.23. The molecule has 0 amide bonds. The summed E-state index contributed by atoms with van der Waals surface area (Å²) in [5.41, 5.74) is 1.58. The number of thiophene rings is 1. The van der Waals surface area contributed by atoms with Crippen LogP contribution in [0.25, 0.3) is 33.2 Å². The van der Waals surface area contributed by atoms with Gasteiger partial charge in [-0.2, -0.15) is 4.98 Å². The summed E-state index contributed by atoms with van der Waals surface area (Å²) in [5, 5.41) is 2.00. The van der Waals surface area contributed by atoms with Crippen LogP contribution in [0.3, 0.4) is 0 Å². The van der Waals surface area contributed by atoms with Crippen LogP contribution in [-0.2, 0) is 14.1 Å². The molecule has 1 aromatic carbocycles. The molecule has 0 N–H and O–H groups in total. The number of benzene rings is 1. The molecule has 0 bridgehead atoms. The molecule has 0 saturated heterocycles. The second kappa shape index (κ2) is 6.21. The Bertz CT molecular complexity index is 1500. The van der Waals surface area contributed by atoms with Crippen molar-refractivity contribution in [3.8, 4) is 22.0 Å². The second-order valence-corrected chi connectivity index (χ2v) is 7.61. The van der Waals surface area contributed by atoms with Crippen molar-refractivity contribution in [3.05, 3.63) is 68.8 Å². The SMILES string of the molecule is COc1ccccc1-n1c(-c2cccs2)cn2c3c(=O)n(C)c(=O)n(C)c3nc12. The van der Waals surface area contributed by atoms with Crippen molar-refractivity contribution in [2.24, 2.45) is 14.1 Å². The van der Waals surface area contributed by atoms with E-state index in [1.165, 1.54) is 11.6 Å². The van der Waals surface area contributed by atoms with Gasteiger partial charge in [0.1, 0.15) is 5.75 Å². The highest BCUT2D eigenvalue weighted by Crippen LogP contribution is 2.34. The zero-order valence-corrected chi connectivity index (χ0v) is 16.8. The van der Waals surface area contributed by atoms with Gasteiger partial charge in [-0.05, 0) is 23.6 Å². The van der Waals surface area contributed by atoms with Crippen LogP contribution in [0.4, 0.5) is 0 Å². The third kappa shape index (κ3) is 2.34. The van der Waals surface area contributed by atoms with Crippen LogP contribution in [0.5, 0.6) is 5.75 Å². The molecule has 0 fully saturated rings. The van der Waals surface area contributed by atoms with Crippen molar-refractivity contribution in [2.45, 2.75) is 0 Å². The number of imidazole rings is 2. The van der Waals surface area contributed by atoms with Gasteiger partial charge in [-0.1, -0.05) is 18.2 Å². The summed E-state index contributed by atoms with van der Waals surface area (Å²) in [6.07, 6.45) is 1.88. The Balaban J connectivity index is 2.01. The maximum absolute atomic E-state index is 12.9. The Kier molecular flexibility index (Phi) is 3.75. The van der Waals surface area contributed by atoms with E-state index in [2.05, 4.69) is 4.98 Å². The summed E-state index contributed by atoms with van der Waals surface area (Å²) in [6.45, 7) is 0. The summed E-state index contributed by atoms with van der Waals surface area (Å²) in [5.74, 6) is 1.21. The standard InChI is InChI=1S/C20H17N5O3S/c1-22-17-16(18(26)23(2)20(22)27)24-11-13(15-9-6-10-29-15)25(19(24)21-17)12-7-4-5-8-14(12)28-3/h4-11H,1-3H3. The van der Waals surface area contributed by atoms with E-state index in [0.717, 1.165) is 20.8 Å². The molecule has 0 atom stereocenters. The van der Waals surface area contributed by atoms with E-state index in [1.54, 1.807) is 29.9 Å². The summed E-state index contributed by atoms with van der Waals surface area (Å²) >= 11 is 1.59. The molecule has 0 aliphatic heterocycles. The van der Waals surface area contributed by atoms with Gasteiger partial charge in [0.2, 0.25) is 5.78 Å². The van der Waals surface area contributed by atoms with Gasteiger partial charge in [-0.3, -0.25) is 22.9 Å². The molecule has 4 aromatic heterocycles. The van der Waals surface area contributed by atoms with E-state index < -0.39 is 5.69 Å². The minimum absolute atomic E-state index is 0.342. The largest absolute Gasteiger partial charge is 0.495 e. The number of hydrogen-bond donors (Lipinski definition) is 0. The van der Waals surface area contributed by atoms with Crippen molar-refractivity contribution < 1.29 is 4.74 Å². The molecule has 0 radical (unpaired) electrons. The number of hydrogen-bond acceptors (Lipinski definition) is 5. The molecule has 9 heteroatoms. The lowest BCUT2D eigenvalue weighted by Crippen LogP contribution is -2.37. The first-order chi connectivity index (χ1) is 14.0. The molecular formula is C20H17N5O3S. The Morgan fingerprint density at radius 2 is 1.83 bits per heavy atom. The van der Waals surface area contributed by atoms with Gasteiger partial charge >= 0.3 is 5.69 Å². The first-order valence-corrected chi connectivity index (χ1v) is 9.77. The molecule has 0 saturated carbocycles. The van der Waals surface area contributed by atoms with E-state index >= 15 is 0 Å². The third-order valence-electron chi connectivity index (χ3n) is 5.06. The second-order valence-electron chi connectivity index (χ2n) is 6.66. The number of para-hydroxylation sites is 2. The highest BCUT2D eigenvalue weighted by atomic mass is 32.1. The molecule has 0 aliphatic carbocycles. The molecule has 0 unspecified atom stereocenters. The Morgan fingerprint density at radius 1 is 1.03 bits per heavy atom. The quantitative estimate of drug-likeness (QED) is 0.460. The number of aromatic nitrogens is 5. The summed E-state index contributed by atoms with van der Waals surface area (Å²) in [7, 11) is 4.71. The van der Waals surface area contributed by atoms with E-state index in [1.807, 2.05) is 52.5 Å². The molecule has 8 nitrogen and oxygen atoms in total. The predicted octanol–water partition coefficient (Wildman–Crippen LogP) is 2.41. The van der Waals surface area contributed by atoms with E-state index in [9.17, 15) is 9.59 Å². The fourth-order valence-corrected chi connectivity index (χ4v) is 4.35. The number of ether oxygens (including phenoxy) is 1. The zero-order valence-electron chi connectivity index (χ0n) is 16.0. The van der Waals surface area contributed by atoms with Gasteiger partial charge in [-0.15, -0.1) is 11.3 Å². The Hall–Kier alpha value is -3.59. The van der Waals surface area contributed by atoms with Crippen molar-refractivity contribution >= 4 is 28.3 Å². The molecule has 146 valence electrons. The molecule has 29 heavy (non-hydrogen) atoms. The van der Waals surface area contributed by atoms with Crippen molar-refractivity contribution in [1.29, 1.82) is 0 Å². The van der Waals surface area contributed by atoms with Crippen LogP contribution in [-0.4, -0.2) is 30.2 Å². The van der Waals surface area contributed by atoms with Gasteiger partial charge in [0.15, 0.2) is 11.2 Å². The van der Waals surface area contributed by atoms with E-state index in [4.69, 9.17) is 4.74 Å². The van der Waals surface area contributed by atoms with Crippen LogP contribution < -0.4 is 16.0 Å². The number of rotatable bonds is 3. The molecule has 4 heterocycles. The van der Waals surface area contributed by atoms with Gasteiger partial charge in [0, 0.05) is 20.3 Å². The molecule has 5 aromatic rings. The van der Waals surface area contributed by atoms with Crippen molar-refractivity contribution in [3.63, 3.8) is 0 Å². The first kappa shape index (κ1) is 17.5. The lowest BCUT2D eigenvalue weighted by atomic mass is 10.2. The first-order valence-electron chi connectivity index (χ1n) is 8.89. The normalized spacial score (nSPS) is 11.6. The monoisotopic (exact) mass is 407 g/mol. The Labute approximate surface area is 168 Å². The molecule has 0 aliphatic rings. The van der Waals surface area contributed by atoms with Gasteiger partial charge in [0.05, 0.1) is 23.4 Å². The Morgan fingerprint density at radius 3 is 2.55 bits per heavy atom. The smallest absolute Gasteiger partial charge is 0.332 e. The molecular weight excluding hydrogens is 390 g/mol. The lowest BCUT2D eigenvalue weighted by Gasteiger charge is -2.12. The average Bonchev–Trinajstić information content (AvgIpc) is 3.45. The van der Waals surface area contributed by atoms with Crippen LogP contribution in [0.1, 0.15) is 0 Å². The maximum atomic E-state index is 12.9. The zero-order chi connectivity index (χ0) is 20.3. The lowest BCUT2D eigenvalue weighted by molar-refractivity contribution is 0.413. The topological polar surface area (TPSA) is 75.5 Å². The number of aryl methyl sites for hydroxylation is 1. The van der Waals surface area contributed by atoms with Crippen LogP contribution in [0, 0.1) is 0 Å². The van der Waals surface area contributed by atoms with Crippen molar-refractivity contribution in [2.75, 3.05) is 7.11 Å².